The highest BCUT2D eigenvalue weighted by Crippen LogP contribution is 2.17. The number of carbonyl (C=O) groups is 2. The average Bonchev–Trinajstić information content (AvgIpc) is 2.53. The molecule has 0 aromatic heterocycles. The molecule has 0 aromatic carbocycles. The standard InChI is InChI=1S/C16H30N4O2/c1-19-10-12-20(13-11-19)15(21)8-5-9-17-16(22)18-14-6-3-2-4-7-14/h14H,2-13H2,1H3,(H2,17,18,22). The van der Waals surface area contributed by atoms with Gasteiger partial charge in [0.1, 0.15) is 0 Å². The predicted octanol–water partition coefficient (Wildman–Crippen LogP) is 1.17. The molecule has 6 nitrogen and oxygen atoms in total. The van der Waals surface area contributed by atoms with Gasteiger partial charge in [-0.05, 0) is 26.3 Å². The molecule has 1 saturated carbocycles. The van der Waals surface area contributed by atoms with Crippen LogP contribution in [0.5, 0.6) is 0 Å². The van der Waals surface area contributed by atoms with E-state index in [9.17, 15) is 9.59 Å². The fourth-order valence-corrected chi connectivity index (χ4v) is 3.14. The van der Waals surface area contributed by atoms with Crippen LogP contribution in [0.15, 0.2) is 0 Å². The van der Waals surface area contributed by atoms with Crippen molar-refractivity contribution >= 4 is 11.9 Å². The second-order valence-electron chi connectivity index (χ2n) is 6.52. The monoisotopic (exact) mass is 310 g/mol. The van der Waals surface area contributed by atoms with E-state index in [1.54, 1.807) is 0 Å². The van der Waals surface area contributed by atoms with Crippen LogP contribution >= 0.6 is 0 Å². The van der Waals surface area contributed by atoms with Crippen molar-refractivity contribution in [3.63, 3.8) is 0 Å². The fraction of sp³-hybridized carbons (Fsp3) is 0.875. The highest BCUT2D eigenvalue weighted by Gasteiger charge is 2.18. The minimum absolute atomic E-state index is 0.0843. The van der Waals surface area contributed by atoms with Crippen molar-refractivity contribution in [2.75, 3.05) is 39.8 Å². The van der Waals surface area contributed by atoms with E-state index in [-0.39, 0.29) is 11.9 Å². The highest BCUT2D eigenvalue weighted by molar-refractivity contribution is 5.76. The van der Waals surface area contributed by atoms with E-state index < -0.39 is 0 Å². The molecule has 3 amide bonds. The molecule has 1 aliphatic heterocycles. The molecular weight excluding hydrogens is 280 g/mol. The van der Waals surface area contributed by atoms with Crippen LogP contribution in [0.3, 0.4) is 0 Å². The molecule has 0 aromatic rings. The molecule has 0 radical (unpaired) electrons. The summed E-state index contributed by atoms with van der Waals surface area (Å²) in [4.78, 5) is 28.0. The summed E-state index contributed by atoms with van der Waals surface area (Å²) in [5.41, 5.74) is 0. The SMILES string of the molecule is CN1CCN(C(=O)CCCNC(=O)NC2CCCCC2)CC1. The predicted molar refractivity (Wildman–Crippen MR) is 86.7 cm³/mol. The van der Waals surface area contributed by atoms with Crippen molar-refractivity contribution in [3.8, 4) is 0 Å². The van der Waals surface area contributed by atoms with E-state index in [0.717, 1.165) is 39.0 Å². The van der Waals surface area contributed by atoms with Gasteiger partial charge in [0.05, 0.1) is 0 Å². The Morgan fingerprint density at radius 1 is 1.05 bits per heavy atom. The van der Waals surface area contributed by atoms with Gasteiger partial charge in [-0.2, -0.15) is 0 Å². The minimum atomic E-state index is -0.0843. The number of nitrogens with one attached hydrogen (secondary N) is 2. The second kappa shape index (κ2) is 8.98. The van der Waals surface area contributed by atoms with Crippen molar-refractivity contribution in [2.45, 2.75) is 51.0 Å². The van der Waals surface area contributed by atoms with Gasteiger partial charge in [0.15, 0.2) is 0 Å². The van der Waals surface area contributed by atoms with Crippen molar-refractivity contribution in [3.05, 3.63) is 0 Å². The lowest BCUT2D eigenvalue weighted by Crippen LogP contribution is -2.47. The summed E-state index contributed by atoms with van der Waals surface area (Å²) >= 11 is 0. The van der Waals surface area contributed by atoms with Crippen LogP contribution in [0.2, 0.25) is 0 Å². The number of carbonyl (C=O) groups excluding carboxylic acids is 2. The van der Waals surface area contributed by atoms with E-state index in [0.29, 0.717) is 25.4 Å². The summed E-state index contributed by atoms with van der Waals surface area (Å²) in [5.74, 6) is 0.211. The normalized spacial score (nSPS) is 20.7. The summed E-state index contributed by atoms with van der Waals surface area (Å²) in [6.45, 7) is 4.12. The Hall–Kier alpha value is -1.30. The number of urea groups is 1. The lowest BCUT2D eigenvalue weighted by atomic mass is 9.96. The van der Waals surface area contributed by atoms with E-state index in [1.807, 2.05) is 4.90 Å². The summed E-state index contributed by atoms with van der Waals surface area (Å²) in [6, 6.07) is 0.250. The lowest BCUT2D eigenvalue weighted by molar-refractivity contribution is -0.132. The van der Waals surface area contributed by atoms with Gasteiger partial charge in [-0.1, -0.05) is 19.3 Å². The first kappa shape index (κ1) is 17.1. The smallest absolute Gasteiger partial charge is 0.315 e. The molecule has 0 spiro atoms. The topological polar surface area (TPSA) is 64.7 Å². The van der Waals surface area contributed by atoms with Crippen LogP contribution in [0, 0.1) is 0 Å². The molecule has 22 heavy (non-hydrogen) atoms. The number of piperazine rings is 1. The summed E-state index contributed by atoms with van der Waals surface area (Å²) < 4.78 is 0. The molecule has 0 bridgehead atoms. The van der Waals surface area contributed by atoms with Gasteiger partial charge in [-0.25, -0.2) is 4.79 Å². The van der Waals surface area contributed by atoms with Gasteiger partial charge in [-0.3, -0.25) is 4.79 Å². The van der Waals surface area contributed by atoms with E-state index in [2.05, 4.69) is 22.6 Å². The average molecular weight is 310 g/mol. The number of hydrogen-bond donors (Lipinski definition) is 2. The Morgan fingerprint density at radius 3 is 2.41 bits per heavy atom. The van der Waals surface area contributed by atoms with Gasteiger partial charge >= 0.3 is 6.03 Å². The Balaban J connectivity index is 1.52. The zero-order chi connectivity index (χ0) is 15.8. The summed E-state index contributed by atoms with van der Waals surface area (Å²) in [6.07, 6.45) is 7.13. The van der Waals surface area contributed by atoms with Gasteiger partial charge < -0.3 is 20.4 Å². The third-order valence-corrected chi connectivity index (χ3v) is 4.65. The quantitative estimate of drug-likeness (QED) is 0.749. The van der Waals surface area contributed by atoms with Crippen LogP contribution in [-0.4, -0.2) is 67.6 Å². The number of hydrogen-bond acceptors (Lipinski definition) is 3. The van der Waals surface area contributed by atoms with Crippen molar-refractivity contribution in [1.82, 2.24) is 20.4 Å². The number of likely N-dealkylation sites (N-methyl/N-ethyl adjacent to an activating group) is 1. The zero-order valence-electron chi connectivity index (χ0n) is 13.8. The molecule has 0 atom stereocenters. The molecule has 6 heteroatoms. The Kier molecular flexibility index (Phi) is 6.96. The van der Waals surface area contributed by atoms with Crippen LogP contribution < -0.4 is 10.6 Å². The fourth-order valence-electron chi connectivity index (χ4n) is 3.14. The summed E-state index contributed by atoms with van der Waals surface area (Å²) in [7, 11) is 2.08. The molecule has 2 aliphatic rings. The number of rotatable bonds is 5. The van der Waals surface area contributed by atoms with Gasteiger partial charge in [0, 0.05) is 45.2 Å². The molecule has 1 saturated heterocycles. The largest absolute Gasteiger partial charge is 0.340 e. The maximum atomic E-state index is 12.0. The maximum Gasteiger partial charge on any atom is 0.315 e. The molecule has 126 valence electrons. The molecular formula is C16H30N4O2. The Labute approximate surface area is 133 Å². The van der Waals surface area contributed by atoms with Crippen molar-refractivity contribution < 1.29 is 9.59 Å². The van der Waals surface area contributed by atoms with Gasteiger partial charge in [0.25, 0.3) is 0 Å². The Morgan fingerprint density at radius 2 is 1.73 bits per heavy atom. The number of amides is 3. The minimum Gasteiger partial charge on any atom is -0.340 e. The zero-order valence-corrected chi connectivity index (χ0v) is 13.8. The van der Waals surface area contributed by atoms with E-state index in [4.69, 9.17) is 0 Å². The van der Waals surface area contributed by atoms with Gasteiger partial charge in [0.2, 0.25) is 5.91 Å². The van der Waals surface area contributed by atoms with Crippen LogP contribution in [0.1, 0.15) is 44.9 Å². The first-order valence-electron chi connectivity index (χ1n) is 8.66. The highest BCUT2D eigenvalue weighted by atomic mass is 16.2. The van der Waals surface area contributed by atoms with E-state index >= 15 is 0 Å². The molecule has 1 heterocycles. The third-order valence-electron chi connectivity index (χ3n) is 4.65. The van der Waals surface area contributed by atoms with Crippen molar-refractivity contribution in [1.29, 1.82) is 0 Å². The van der Waals surface area contributed by atoms with Gasteiger partial charge in [-0.15, -0.1) is 0 Å². The molecule has 2 fully saturated rings. The molecule has 2 N–H and O–H groups in total. The molecule has 1 aliphatic carbocycles. The third kappa shape index (κ3) is 5.83. The van der Waals surface area contributed by atoms with Crippen LogP contribution in [0.25, 0.3) is 0 Å². The summed E-state index contributed by atoms with van der Waals surface area (Å²) in [5, 5.41) is 5.89. The lowest BCUT2D eigenvalue weighted by Gasteiger charge is -2.32. The molecule has 0 unspecified atom stereocenters. The number of nitrogens with zero attached hydrogens (tertiary/aromatic N) is 2. The Bertz CT molecular complexity index is 361. The molecule has 2 rings (SSSR count). The van der Waals surface area contributed by atoms with Crippen LogP contribution in [-0.2, 0) is 4.79 Å². The first-order valence-corrected chi connectivity index (χ1v) is 8.66. The van der Waals surface area contributed by atoms with E-state index in [1.165, 1.54) is 19.3 Å². The maximum absolute atomic E-state index is 12.0. The van der Waals surface area contributed by atoms with Crippen LogP contribution in [0.4, 0.5) is 4.79 Å². The van der Waals surface area contributed by atoms with Crippen molar-refractivity contribution in [2.24, 2.45) is 0 Å². The first-order chi connectivity index (χ1) is 10.6. The second-order valence-corrected chi connectivity index (χ2v) is 6.52.